The number of nitrogens with zero attached hydrogens (tertiary/aromatic N) is 2. The number of fused-ring (bicyclic) bond motifs is 2. The molecule has 2 atom stereocenters. The van der Waals surface area contributed by atoms with E-state index in [1.807, 2.05) is 18.2 Å². The van der Waals surface area contributed by atoms with Crippen molar-refractivity contribution in [3.63, 3.8) is 0 Å². The van der Waals surface area contributed by atoms with Crippen LogP contribution in [0.2, 0.25) is 0 Å². The summed E-state index contributed by atoms with van der Waals surface area (Å²) in [6.45, 7) is 1.06. The molecule has 1 amide bonds. The van der Waals surface area contributed by atoms with E-state index in [0.29, 0.717) is 36.2 Å². The zero-order valence-electron chi connectivity index (χ0n) is 16.6. The minimum atomic E-state index is -0.0578. The SMILES string of the molecule is Cn1c([C@@H]2CCC[C@H](NC(=O)c3ccc4c(c3)OCCO4)C2)nc2ccccc21. The number of aryl methyl sites for hydroxylation is 1. The number of rotatable bonds is 3. The molecule has 0 radical (unpaired) electrons. The van der Waals surface area contributed by atoms with E-state index >= 15 is 0 Å². The Bertz CT molecular complexity index is 1060. The van der Waals surface area contributed by atoms with Crippen LogP contribution < -0.4 is 14.8 Å². The molecule has 1 saturated carbocycles. The molecule has 2 aromatic carbocycles. The van der Waals surface area contributed by atoms with Gasteiger partial charge >= 0.3 is 0 Å². The number of nitrogens with one attached hydrogen (secondary N) is 1. The molecule has 5 rings (SSSR count). The summed E-state index contributed by atoms with van der Waals surface area (Å²) in [6.07, 6.45) is 4.09. The summed E-state index contributed by atoms with van der Waals surface area (Å²) in [5, 5.41) is 3.22. The number of imidazole rings is 1. The topological polar surface area (TPSA) is 65.4 Å². The van der Waals surface area contributed by atoms with Crippen LogP contribution in [0.15, 0.2) is 42.5 Å². The average Bonchev–Trinajstić information content (AvgIpc) is 3.10. The highest BCUT2D eigenvalue weighted by Crippen LogP contribution is 2.34. The lowest BCUT2D eigenvalue weighted by Crippen LogP contribution is -2.38. The monoisotopic (exact) mass is 391 g/mol. The van der Waals surface area contributed by atoms with Gasteiger partial charge in [-0.3, -0.25) is 4.79 Å². The first-order valence-corrected chi connectivity index (χ1v) is 10.3. The predicted octanol–water partition coefficient (Wildman–Crippen LogP) is 3.80. The number of carbonyl (C=O) groups is 1. The minimum Gasteiger partial charge on any atom is -0.486 e. The number of amides is 1. The third kappa shape index (κ3) is 3.43. The van der Waals surface area contributed by atoms with Crippen molar-refractivity contribution in [2.24, 2.45) is 7.05 Å². The number of benzene rings is 2. The van der Waals surface area contributed by atoms with Crippen LogP contribution in [0.3, 0.4) is 0 Å². The molecule has 150 valence electrons. The summed E-state index contributed by atoms with van der Waals surface area (Å²) in [7, 11) is 2.09. The van der Waals surface area contributed by atoms with Gasteiger partial charge in [0.15, 0.2) is 11.5 Å². The van der Waals surface area contributed by atoms with Crippen LogP contribution in [-0.4, -0.2) is 34.7 Å². The number of ether oxygens (including phenoxy) is 2. The van der Waals surface area contributed by atoms with Crippen LogP contribution in [0.5, 0.6) is 11.5 Å². The second-order valence-electron chi connectivity index (χ2n) is 7.91. The maximum absolute atomic E-state index is 12.8. The Labute approximate surface area is 169 Å². The Kier molecular flexibility index (Phi) is 4.62. The Morgan fingerprint density at radius 2 is 1.93 bits per heavy atom. The molecule has 3 aromatic rings. The number of para-hydroxylation sites is 2. The molecule has 0 spiro atoms. The van der Waals surface area contributed by atoms with Crippen LogP contribution in [0.1, 0.15) is 47.8 Å². The fraction of sp³-hybridized carbons (Fsp3) is 0.391. The van der Waals surface area contributed by atoms with E-state index in [0.717, 1.165) is 42.5 Å². The summed E-state index contributed by atoms with van der Waals surface area (Å²) in [6, 6.07) is 13.8. The molecule has 29 heavy (non-hydrogen) atoms. The van der Waals surface area contributed by atoms with E-state index in [2.05, 4.69) is 29.1 Å². The molecule has 0 bridgehead atoms. The van der Waals surface area contributed by atoms with Crippen LogP contribution in [-0.2, 0) is 7.05 Å². The van der Waals surface area contributed by atoms with Crippen molar-refractivity contribution >= 4 is 16.9 Å². The van der Waals surface area contributed by atoms with Crippen molar-refractivity contribution in [2.75, 3.05) is 13.2 Å². The van der Waals surface area contributed by atoms with Crippen LogP contribution in [0.25, 0.3) is 11.0 Å². The van der Waals surface area contributed by atoms with Crippen molar-refractivity contribution in [3.05, 3.63) is 53.9 Å². The molecule has 1 aliphatic heterocycles. The molecule has 1 aromatic heterocycles. The number of aromatic nitrogens is 2. The van der Waals surface area contributed by atoms with Gasteiger partial charge in [0, 0.05) is 24.6 Å². The molecule has 1 fully saturated rings. The number of hydrogen-bond acceptors (Lipinski definition) is 4. The van der Waals surface area contributed by atoms with Crippen molar-refractivity contribution < 1.29 is 14.3 Å². The average molecular weight is 391 g/mol. The van der Waals surface area contributed by atoms with Gasteiger partial charge in [0.1, 0.15) is 19.0 Å². The zero-order valence-corrected chi connectivity index (χ0v) is 16.6. The molecule has 6 heteroatoms. The minimum absolute atomic E-state index is 0.0578. The fourth-order valence-corrected chi connectivity index (χ4v) is 4.54. The molecule has 6 nitrogen and oxygen atoms in total. The zero-order chi connectivity index (χ0) is 19.8. The lowest BCUT2D eigenvalue weighted by molar-refractivity contribution is 0.0923. The van der Waals surface area contributed by atoms with Crippen LogP contribution in [0.4, 0.5) is 0 Å². The highest BCUT2D eigenvalue weighted by Gasteiger charge is 2.28. The van der Waals surface area contributed by atoms with Gasteiger partial charge in [0.25, 0.3) is 5.91 Å². The Morgan fingerprint density at radius 3 is 2.79 bits per heavy atom. The Balaban J connectivity index is 1.30. The van der Waals surface area contributed by atoms with Crippen LogP contribution in [0, 0.1) is 0 Å². The van der Waals surface area contributed by atoms with E-state index in [-0.39, 0.29) is 11.9 Å². The molecular weight excluding hydrogens is 366 g/mol. The Hall–Kier alpha value is -3.02. The molecule has 2 heterocycles. The lowest BCUT2D eigenvalue weighted by Gasteiger charge is -2.29. The maximum atomic E-state index is 12.8. The number of hydrogen-bond donors (Lipinski definition) is 1. The first-order chi connectivity index (χ1) is 14.2. The van der Waals surface area contributed by atoms with Gasteiger partial charge in [-0.1, -0.05) is 18.6 Å². The quantitative estimate of drug-likeness (QED) is 0.738. The summed E-state index contributed by atoms with van der Waals surface area (Å²) in [4.78, 5) is 17.7. The van der Waals surface area contributed by atoms with E-state index < -0.39 is 0 Å². The smallest absolute Gasteiger partial charge is 0.251 e. The van der Waals surface area contributed by atoms with Crippen molar-refractivity contribution in [3.8, 4) is 11.5 Å². The van der Waals surface area contributed by atoms with Gasteiger partial charge in [-0.05, 0) is 49.6 Å². The van der Waals surface area contributed by atoms with E-state index in [1.165, 1.54) is 0 Å². The highest BCUT2D eigenvalue weighted by molar-refractivity contribution is 5.95. The van der Waals surface area contributed by atoms with Gasteiger partial charge in [-0.2, -0.15) is 0 Å². The molecule has 0 unspecified atom stereocenters. The van der Waals surface area contributed by atoms with Gasteiger partial charge in [0.2, 0.25) is 0 Å². The van der Waals surface area contributed by atoms with Gasteiger partial charge in [0.05, 0.1) is 11.0 Å². The molecule has 2 aliphatic rings. The Morgan fingerprint density at radius 1 is 1.10 bits per heavy atom. The first-order valence-electron chi connectivity index (χ1n) is 10.3. The summed E-state index contributed by atoms with van der Waals surface area (Å²) >= 11 is 0. The van der Waals surface area contributed by atoms with Crippen LogP contribution >= 0.6 is 0 Å². The summed E-state index contributed by atoms with van der Waals surface area (Å²) < 4.78 is 13.3. The van der Waals surface area contributed by atoms with Crippen molar-refractivity contribution in [2.45, 2.75) is 37.6 Å². The van der Waals surface area contributed by atoms with Crippen molar-refractivity contribution in [1.29, 1.82) is 0 Å². The van der Waals surface area contributed by atoms with Crippen molar-refractivity contribution in [1.82, 2.24) is 14.9 Å². The van der Waals surface area contributed by atoms with Gasteiger partial charge in [-0.15, -0.1) is 0 Å². The third-order valence-corrected chi connectivity index (χ3v) is 6.00. The molecular formula is C23H25N3O3. The normalized spacial score (nSPS) is 21.1. The molecule has 1 N–H and O–H groups in total. The second-order valence-corrected chi connectivity index (χ2v) is 7.91. The highest BCUT2D eigenvalue weighted by atomic mass is 16.6. The van der Waals surface area contributed by atoms with Gasteiger partial charge < -0.3 is 19.4 Å². The predicted molar refractivity (Wildman–Crippen MR) is 111 cm³/mol. The second kappa shape index (κ2) is 7.43. The fourth-order valence-electron chi connectivity index (χ4n) is 4.54. The van der Waals surface area contributed by atoms with E-state index in [9.17, 15) is 4.79 Å². The lowest BCUT2D eigenvalue weighted by atomic mass is 9.85. The largest absolute Gasteiger partial charge is 0.486 e. The number of carbonyl (C=O) groups excluding carboxylic acids is 1. The maximum Gasteiger partial charge on any atom is 0.251 e. The standard InChI is InChI=1S/C23H25N3O3/c1-26-19-8-3-2-7-18(19)25-22(26)15-5-4-6-17(13-15)24-23(27)16-9-10-20-21(14-16)29-12-11-28-20/h2-3,7-10,14-15,17H,4-6,11-13H2,1H3,(H,24,27)/t15-,17+/m1/s1. The first kappa shape index (κ1) is 18.0. The van der Waals surface area contributed by atoms with Gasteiger partial charge in [-0.25, -0.2) is 4.98 Å². The third-order valence-electron chi connectivity index (χ3n) is 6.00. The molecule has 1 aliphatic carbocycles. The summed E-state index contributed by atoms with van der Waals surface area (Å²) in [5.74, 6) is 2.76. The summed E-state index contributed by atoms with van der Waals surface area (Å²) in [5.41, 5.74) is 2.80. The van der Waals surface area contributed by atoms with E-state index in [4.69, 9.17) is 14.5 Å². The molecule has 0 saturated heterocycles. The van der Waals surface area contributed by atoms with E-state index in [1.54, 1.807) is 12.1 Å².